The Bertz CT molecular complexity index is 3830. The molecule has 2 fully saturated rings. The summed E-state index contributed by atoms with van der Waals surface area (Å²) in [6.07, 6.45) is 26.5. The summed E-state index contributed by atoms with van der Waals surface area (Å²) >= 11 is 7.09. The van der Waals surface area contributed by atoms with Crippen molar-refractivity contribution in [1.82, 2.24) is 0 Å². The number of allylic oxidation sites excluding steroid dienone is 8. The summed E-state index contributed by atoms with van der Waals surface area (Å²) < 4.78 is 6.27. The van der Waals surface area contributed by atoms with Crippen LogP contribution in [0.4, 0.5) is 34.1 Å². The van der Waals surface area contributed by atoms with Crippen LogP contribution in [0.25, 0.3) is 21.5 Å². The van der Waals surface area contributed by atoms with Crippen LogP contribution in [-0.4, -0.2) is 57.1 Å². The Balaban J connectivity index is 0.890. The molecule has 6 aromatic rings. The molecule has 2 aliphatic carbocycles. The molecule has 2 unspecified atom stereocenters. The SMILES string of the molecule is CC(CCC(C)[N+]1=C(/C=C/C=C2/N(C)c3cc(Br)c([N+](=O)[O-])cc3C23CCCCC3)C(C)(C)c2c1ccc1ccccc21)C[N+]1=C(/C=C/C=C2/N(C)c3cc(Br)c([N+](=O)[O-])cc3C23CCCCC3)C(C)(C)c2c1ccc1ccccc21. The molecule has 81 heavy (non-hydrogen) atoms. The fraction of sp³-hybridized carbons (Fsp3) is 0.391. The van der Waals surface area contributed by atoms with Gasteiger partial charge in [-0.15, -0.1) is 0 Å². The maximum atomic E-state index is 12.3. The Morgan fingerprint density at radius 3 is 1.53 bits per heavy atom. The van der Waals surface area contributed by atoms with Gasteiger partial charge in [0.25, 0.3) is 11.4 Å². The Kier molecular flexibility index (Phi) is 14.1. The number of nitro benzene ring substituents is 2. The highest BCUT2D eigenvalue weighted by Crippen LogP contribution is 2.59. The lowest BCUT2D eigenvalue weighted by Crippen LogP contribution is -2.32. The van der Waals surface area contributed by atoms with Crippen molar-refractivity contribution in [1.29, 1.82) is 0 Å². The van der Waals surface area contributed by atoms with Gasteiger partial charge in [0.15, 0.2) is 24.0 Å². The van der Waals surface area contributed by atoms with E-state index in [1.807, 2.05) is 24.3 Å². The van der Waals surface area contributed by atoms with Gasteiger partial charge in [0, 0.05) is 108 Å². The van der Waals surface area contributed by atoms with E-state index in [-0.39, 0.29) is 48.9 Å². The molecule has 4 heterocycles. The van der Waals surface area contributed by atoms with Gasteiger partial charge >= 0.3 is 0 Å². The van der Waals surface area contributed by atoms with E-state index >= 15 is 0 Å². The molecular formula is C69H74Br2N6O4+2. The maximum Gasteiger partial charge on any atom is 0.283 e. The van der Waals surface area contributed by atoms with E-state index in [1.165, 1.54) is 79.7 Å². The van der Waals surface area contributed by atoms with Gasteiger partial charge in [0.1, 0.15) is 0 Å². The van der Waals surface area contributed by atoms with Gasteiger partial charge < -0.3 is 9.80 Å². The van der Waals surface area contributed by atoms with Crippen LogP contribution in [0, 0.1) is 26.1 Å². The highest BCUT2D eigenvalue weighted by atomic mass is 79.9. The number of nitrogens with zero attached hydrogens (tertiary/aromatic N) is 6. The number of likely N-dealkylation sites (N-methyl/N-ethyl adjacent to an activating group) is 2. The number of hydrogen-bond donors (Lipinski definition) is 0. The first-order valence-electron chi connectivity index (χ1n) is 29.4. The van der Waals surface area contributed by atoms with Crippen LogP contribution in [0.5, 0.6) is 0 Å². The first-order valence-corrected chi connectivity index (χ1v) is 31.0. The van der Waals surface area contributed by atoms with Crippen molar-refractivity contribution in [3.8, 4) is 0 Å². The van der Waals surface area contributed by atoms with E-state index in [9.17, 15) is 20.2 Å². The lowest BCUT2D eigenvalue weighted by atomic mass is 9.68. The second-order valence-electron chi connectivity index (χ2n) is 25.3. The number of fused-ring (bicyclic) bond motifs is 10. The van der Waals surface area contributed by atoms with Gasteiger partial charge in [-0.2, -0.15) is 9.15 Å². The summed E-state index contributed by atoms with van der Waals surface area (Å²) in [5.41, 5.74) is 13.6. The second kappa shape index (κ2) is 20.7. The molecule has 2 atom stereocenters. The van der Waals surface area contributed by atoms with Crippen LogP contribution in [0.3, 0.4) is 0 Å². The van der Waals surface area contributed by atoms with Crippen molar-refractivity contribution in [2.24, 2.45) is 5.92 Å². The Labute approximate surface area is 493 Å². The minimum Gasteiger partial charge on any atom is -0.347 e. The molecule has 6 aromatic carbocycles. The average Bonchev–Trinajstić information content (AvgIpc) is 4.11. The normalized spacial score (nSPS) is 21.2. The molecule has 0 bridgehead atoms. The molecular weight excluding hydrogens is 1140 g/mol. The number of nitro groups is 2. The molecule has 4 aliphatic heterocycles. The Morgan fingerprint density at radius 1 is 0.593 bits per heavy atom. The minimum atomic E-state index is -0.301. The molecule has 6 aliphatic rings. The zero-order valence-corrected chi connectivity index (χ0v) is 51.3. The number of rotatable bonds is 12. The van der Waals surface area contributed by atoms with Gasteiger partial charge in [-0.1, -0.05) is 106 Å². The van der Waals surface area contributed by atoms with Crippen LogP contribution < -0.4 is 9.80 Å². The number of benzene rings is 6. The summed E-state index contributed by atoms with van der Waals surface area (Å²) in [5.74, 6) is 0.343. The molecule has 0 aromatic heterocycles. The van der Waals surface area contributed by atoms with Crippen LogP contribution >= 0.6 is 31.9 Å². The van der Waals surface area contributed by atoms with Crippen LogP contribution in [-0.2, 0) is 21.7 Å². The van der Waals surface area contributed by atoms with Crippen molar-refractivity contribution >= 4 is 99.0 Å². The highest BCUT2D eigenvalue weighted by molar-refractivity contribution is 9.11. The third kappa shape index (κ3) is 8.81. The Morgan fingerprint density at radius 2 is 1.04 bits per heavy atom. The molecule has 10 nitrogen and oxygen atoms in total. The van der Waals surface area contributed by atoms with Crippen molar-refractivity contribution < 1.29 is 19.0 Å². The fourth-order valence-electron chi connectivity index (χ4n) is 16.0. The number of halogens is 2. The van der Waals surface area contributed by atoms with Crippen molar-refractivity contribution in [3.05, 3.63) is 196 Å². The van der Waals surface area contributed by atoms with Gasteiger partial charge in [0.05, 0.1) is 29.6 Å². The monoisotopic (exact) mass is 1210 g/mol. The number of anilines is 2. The maximum absolute atomic E-state index is 12.3. The first kappa shape index (κ1) is 55.1. The molecule has 12 rings (SSSR count). The van der Waals surface area contributed by atoms with E-state index < -0.39 is 0 Å². The first-order chi connectivity index (χ1) is 38.8. The summed E-state index contributed by atoms with van der Waals surface area (Å²) in [7, 11) is 4.25. The van der Waals surface area contributed by atoms with E-state index in [2.05, 4.69) is 216 Å². The molecule has 0 N–H and O–H groups in total. The summed E-state index contributed by atoms with van der Waals surface area (Å²) in [4.78, 5) is 28.6. The van der Waals surface area contributed by atoms with Gasteiger partial charge in [0.2, 0.25) is 11.4 Å². The van der Waals surface area contributed by atoms with E-state index in [1.54, 1.807) is 0 Å². The molecule has 12 heteroatoms. The molecule has 0 saturated heterocycles. The van der Waals surface area contributed by atoms with Crippen molar-refractivity contribution in [3.63, 3.8) is 0 Å². The predicted octanol–water partition coefficient (Wildman–Crippen LogP) is 18.2. The van der Waals surface area contributed by atoms with Crippen LogP contribution in [0.2, 0.25) is 0 Å². The lowest BCUT2D eigenvalue weighted by Gasteiger charge is -2.36. The third-order valence-corrected chi connectivity index (χ3v) is 21.1. The summed E-state index contributed by atoms with van der Waals surface area (Å²) in [6, 6.07) is 34.6. The third-order valence-electron chi connectivity index (χ3n) is 19.9. The predicted molar refractivity (Wildman–Crippen MR) is 339 cm³/mol. The molecule has 0 radical (unpaired) electrons. The average molecular weight is 1210 g/mol. The van der Waals surface area contributed by atoms with E-state index in [0.717, 1.165) is 93.3 Å². The minimum absolute atomic E-state index is 0.127. The number of hydrogen-bond acceptors (Lipinski definition) is 6. The molecule has 2 saturated carbocycles. The Hall–Kier alpha value is -6.50. The van der Waals surface area contributed by atoms with Gasteiger partial charge in [-0.05, 0) is 168 Å². The summed E-state index contributed by atoms with van der Waals surface area (Å²) in [6.45, 7) is 15.2. The largest absolute Gasteiger partial charge is 0.347 e. The van der Waals surface area contributed by atoms with Crippen LogP contribution in [0.15, 0.2) is 154 Å². The zero-order chi connectivity index (χ0) is 56.9. The molecule has 2 spiro atoms. The lowest BCUT2D eigenvalue weighted by molar-refractivity contribution is -0.480. The van der Waals surface area contributed by atoms with E-state index in [4.69, 9.17) is 0 Å². The quantitative estimate of drug-likeness (QED) is 0.0688. The second-order valence-corrected chi connectivity index (χ2v) is 27.0. The van der Waals surface area contributed by atoms with E-state index in [0.29, 0.717) is 14.9 Å². The topological polar surface area (TPSA) is 98.8 Å². The van der Waals surface area contributed by atoms with Gasteiger partial charge in [-0.25, -0.2) is 0 Å². The smallest absolute Gasteiger partial charge is 0.283 e. The molecule has 0 amide bonds. The summed E-state index contributed by atoms with van der Waals surface area (Å²) in [5, 5.41) is 29.6. The van der Waals surface area contributed by atoms with Crippen molar-refractivity contribution in [2.75, 3.05) is 30.4 Å². The van der Waals surface area contributed by atoms with Gasteiger partial charge in [-0.3, -0.25) is 20.2 Å². The fourth-order valence-corrected chi connectivity index (χ4v) is 16.9. The molecule has 416 valence electrons. The zero-order valence-electron chi connectivity index (χ0n) is 48.1. The highest BCUT2D eigenvalue weighted by Gasteiger charge is 2.51. The van der Waals surface area contributed by atoms with Crippen LogP contribution in [0.1, 0.15) is 141 Å². The standard InChI is InChI=1S/C69H74Br2N6O4/c1-44(43-74-54-33-31-46-21-11-13-23-48(46)64(54)66(3,4)60(74)25-19-27-62-68(35-15-9-16-36-68)50-39-58(76(78)79)52(70)41-56(50)72(62)7)29-30-45(2)75-55-34-32-47-22-12-14-24-49(47)65(55)67(5,6)61(75)26-20-28-63-69(37-17-10-18-38-69)51-40-59(77(80)81)53(71)42-57(51)73(63)8/h11-14,19-28,31-34,39-42,44-45H,9-10,15-18,29-30,35-38,43H2,1-8H3/q+2. The van der Waals surface area contributed by atoms with Crippen molar-refractivity contribution in [2.45, 2.75) is 146 Å².